The first-order valence-electron chi connectivity index (χ1n) is 9.56. The van der Waals surface area contributed by atoms with Crippen molar-refractivity contribution in [3.05, 3.63) is 100 Å². The van der Waals surface area contributed by atoms with E-state index in [9.17, 15) is 9.59 Å². The summed E-state index contributed by atoms with van der Waals surface area (Å²) in [6, 6.07) is 23.7. The monoisotopic (exact) mass is 467 g/mol. The zero-order valence-electron chi connectivity index (χ0n) is 16.5. The smallest absolute Gasteiger partial charge is 0.338 e. The summed E-state index contributed by atoms with van der Waals surface area (Å²) in [6.07, 6.45) is -0.799. The fraction of sp³-hybridized carbons (Fsp3) is 0.167. The van der Waals surface area contributed by atoms with Crippen LogP contribution in [0.25, 0.3) is 0 Å². The molecule has 0 aliphatic rings. The first-order valence-corrected chi connectivity index (χ1v) is 10.3. The third-order valence-electron chi connectivity index (χ3n) is 4.31. The predicted octanol–water partition coefficient (Wildman–Crippen LogP) is 5.52. The molecule has 0 saturated heterocycles. The van der Waals surface area contributed by atoms with Crippen molar-refractivity contribution in [2.24, 2.45) is 0 Å². The SMILES string of the molecule is CCOC(=O)c1ccc(NC(=O)C(OCc2ccccc2)c2cccc(Br)c2)cc1. The van der Waals surface area contributed by atoms with E-state index in [4.69, 9.17) is 9.47 Å². The molecule has 0 saturated carbocycles. The molecule has 5 nitrogen and oxygen atoms in total. The second-order valence-electron chi connectivity index (χ2n) is 6.52. The topological polar surface area (TPSA) is 64.6 Å². The van der Waals surface area contributed by atoms with E-state index in [1.165, 1.54) is 0 Å². The predicted molar refractivity (Wildman–Crippen MR) is 119 cm³/mol. The molecule has 1 unspecified atom stereocenters. The minimum absolute atomic E-state index is 0.298. The van der Waals surface area contributed by atoms with Gasteiger partial charge in [-0.3, -0.25) is 4.79 Å². The molecule has 0 heterocycles. The zero-order chi connectivity index (χ0) is 21.3. The highest BCUT2D eigenvalue weighted by atomic mass is 79.9. The van der Waals surface area contributed by atoms with Crippen LogP contribution in [0.1, 0.15) is 34.5 Å². The summed E-state index contributed by atoms with van der Waals surface area (Å²) in [4.78, 5) is 24.8. The molecule has 1 N–H and O–H groups in total. The summed E-state index contributed by atoms with van der Waals surface area (Å²) in [5.41, 5.74) is 2.71. The van der Waals surface area contributed by atoms with Crippen LogP contribution in [0.3, 0.4) is 0 Å². The Hall–Kier alpha value is -2.96. The fourth-order valence-electron chi connectivity index (χ4n) is 2.86. The van der Waals surface area contributed by atoms with Gasteiger partial charge in [0.15, 0.2) is 6.10 Å². The number of amides is 1. The van der Waals surface area contributed by atoms with Gasteiger partial charge in [0, 0.05) is 10.2 Å². The van der Waals surface area contributed by atoms with E-state index in [0.29, 0.717) is 24.5 Å². The van der Waals surface area contributed by atoms with Gasteiger partial charge in [0.1, 0.15) is 0 Å². The van der Waals surface area contributed by atoms with Gasteiger partial charge in [0.05, 0.1) is 18.8 Å². The number of halogens is 1. The largest absolute Gasteiger partial charge is 0.462 e. The molecule has 0 bridgehead atoms. The van der Waals surface area contributed by atoms with Crippen LogP contribution in [0, 0.1) is 0 Å². The summed E-state index contributed by atoms with van der Waals surface area (Å²) in [6.45, 7) is 2.36. The van der Waals surface area contributed by atoms with Crippen molar-refractivity contribution < 1.29 is 19.1 Å². The van der Waals surface area contributed by atoms with Crippen LogP contribution in [-0.2, 0) is 20.9 Å². The lowest BCUT2D eigenvalue weighted by atomic mass is 10.1. The van der Waals surface area contributed by atoms with Gasteiger partial charge in [-0.1, -0.05) is 58.4 Å². The van der Waals surface area contributed by atoms with Crippen molar-refractivity contribution in [1.29, 1.82) is 0 Å². The summed E-state index contributed by atoms with van der Waals surface area (Å²) in [5, 5.41) is 2.86. The van der Waals surface area contributed by atoms with Crippen LogP contribution in [-0.4, -0.2) is 18.5 Å². The zero-order valence-corrected chi connectivity index (χ0v) is 18.1. The van der Waals surface area contributed by atoms with Gasteiger partial charge >= 0.3 is 5.97 Å². The lowest BCUT2D eigenvalue weighted by Crippen LogP contribution is -2.23. The van der Waals surface area contributed by atoms with Crippen LogP contribution < -0.4 is 5.32 Å². The van der Waals surface area contributed by atoms with E-state index >= 15 is 0 Å². The maximum atomic E-state index is 13.0. The Kier molecular flexibility index (Phi) is 7.76. The molecule has 0 aromatic heterocycles. The number of esters is 1. The molecule has 30 heavy (non-hydrogen) atoms. The lowest BCUT2D eigenvalue weighted by molar-refractivity contribution is -0.128. The van der Waals surface area contributed by atoms with Crippen molar-refractivity contribution in [3.8, 4) is 0 Å². The lowest BCUT2D eigenvalue weighted by Gasteiger charge is -2.19. The molecule has 3 aromatic carbocycles. The van der Waals surface area contributed by atoms with Gasteiger partial charge < -0.3 is 14.8 Å². The highest BCUT2D eigenvalue weighted by Gasteiger charge is 2.22. The highest BCUT2D eigenvalue weighted by molar-refractivity contribution is 9.10. The maximum absolute atomic E-state index is 13.0. The first kappa shape index (κ1) is 21.7. The Morgan fingerprint density at radius 2 is 1.70 bits per heavy atom. The van der Waals surface area contributed by atoms with Crippen molar-refractivity contribution >= 4 is 33.5 Å². The molecule has 154 valence electrons. The summed E-state index contributed by atoms with van der Waals surface area (Å²) >= 11 is 3.45. The van der Waals surface area contributed by atoms with Gasteiger partial charge in [-0.05, 0) is 54.4 Å². The molecular weight excluding hydrogens is 446 g/mol. The third-order valence-corrected chi connectivity index (χ3v) is 4.81. The third kappa shape index (κ3) is 6.02. The Labute approximate surface area is 184 Å². The van der Waals surface area contributed by atoms with Gasteiger partial charge in [-0.15, -0.1) is 0 Å². The van der Waals surface area contributed by atoms with Gasteiger partial charge in [-0.2, -0.15) is 0 Å². The number of ether oxygens (including phenoxy) is 2. The van der Waals surface area contributed by atoms with E-state index in [1.807, 2.05) is 54.6 Å². The number of hydrogen-bond acceptors (Lipinski definition) is 4. The number of nitrogens with one attached hydrogen (secondary N) is 1. The number of anilines is 1. The van der Waals surface area contributed by atoms with E-state index in [1.54, 1.807) is 31.2 Å². The van der Waals surface area contributed by atoms with Gasteiger partial charge in [-0.25, -0.2) is 4.79 Å². The number of rotatable bonds is 8. The van der Waals surface area contributed by atoms with Crippen LogP contribution >= 0.6 is 15.9 Å². The van der Waals surface area contributed by atoms with Crippen molar-refractivity contribution in [1.82, 2.24) is 0 Å². The molecule has 0 aliphatic carbocycles. The Balaban J connectivity index is 1.75. The van der Waals surface area contributed by atoms with Crippen LogP contribution in [0.15, 0.2) is 83.3 Å². The highest BCUT2D eigenvalue weighted by Crippen LogP contribution is 2.24. The molecule has 0 radical (unpaired) electrons. The standard InChI is InChI=1S/C24H22BrNO4/c1-2-29-24(28)18-11-13-21(14-12-18)26-23(27)22(19-9-6-10-20(25)15-19)30-16-17-7-4-3-5-8-17/h3-15,22H,2,16H2,1H3,(H,26,27). The minimum atomic E-state index is -0.799. The van der Waals surface area contributed by atoms with Crippen LogP contribution in [0.4, 0.5) is 5.69 Å². The molecular formula is C24H22BrNO4. The van der Waals surface area contributed by atoms with Crippen LogP contribution in [0.5, 0.6) is 0 Å². The molecule has 0 spiro atoms. The van der Waals surface area contributed by atoms with Crippen LogP contribution in [0.2, 0.25) is 0 Å². The normalized spacial score (nSPS) is 11.5. The van der Waals surface area contributed by atoms with Crippen molar-refractivity contribution in [3.63, 3.8) is 0 Å². The minimum Gasteiger partial charge on any atom is -0.462 e. The quantitative estimate of drug-likeness (QED) is 0.442. The average molecular weight is 468 g/mol. The summed E-state index contributed by atoms with van der Waals surface area (Å²) in [5.74, 6) is -0.693. The van der Waals surface area contributed by atoms with Gasteiger partial charge in [0.25, 0.3) is 5.91 Å². The molecule has 0 fully saturated rings. The second kappa shape index (κ2) is 10.7. The number of hydrogen-bond donors (Lipinski definition) is 1. The Morgan fingerprint density at radius 3 is 2.37 bits per heavy atom. The summed E-state index contributed by atoms with van der Waals surface area (Å²) in [7, 11) is 0. The molecule has 6 heteroatoms. The van der Waals surface area contributed by atoms with E-state index in [-0.39, 0.29) is 5.91 Å². The first-order chi connectivity index (χ1) is 14.6. The number of carbonyl (C=O) groups is 2. The van der Waals surface area contributed by atoms with Gasteiger partial charge in [0.2, 0.25) is 0 Å². The van der Waals surface area contributed by atoms with E-state index < -0.39 is 12.1 Å². The number of carbonyl (C=O) groups excluding carboxylic acids is 2. The average Bonchev–Trinajstić information content (AvgIpc) is 2.75. The Morgan fingerprint density at radius 1 is 0.967 bits per heavy atom. The molecule has 3 aromatic rings. The second-order valence-corrected chi connectivity index (χ2v) is 7.43. The molecule has 0 aliphatic heterocycles. The number of benzene rings is 3. The Bertz CT molecular complexity index is 990. The van der Waals surface area contributed by atoms with E-state index in [2.05, 4.69) is 21.2 Å². The van der Waals surface area contributed by atoms with Crippen molar-refractivity contribution in [2.75, 3.05) is 11.9 Å². The van der Waals surface area contributed by atoms with E-state index in [0.717, 1.165) is 15.6 Å². The molecule has 3 rings (SSSR count). The molecule has 1 atom stereocenters. The van der Waals surface area contributed by atoms with Crippen molar-refractivity contribution in [2.45, 2.75) is 19.6 Å². The summed E-state index contributed by atoms with van der Waals surface area (Å²) < 4.78 is 11.8. The molecule has 1 amide bonds. The fourth-order valence-corrected chi connectivity index (χ4v) is 3.28. The maximum Gasteiger partial charge on any atom is 0.338 e.